The van der Waals surface area contributed by atoms with Gasteiger partial charge in [0.25, 0.3) is 21.6 Å². The van der Waals surface area contributed by atoms with Crippen LogP contribution < -0.4 is 9.52 Å². The second kappa shape index (κ2) is 10.7. The Kier molecular flexibility index (Phi) is 7.45. The Morgan fingerprint density at radius 2 is 1.84 bits per heavy atom. The van der Waals surface area contributed by atoms with Gasteiger partial charge in [-0.2, -0.15) is 4.99 Å². The maximum atomic E-state index is 13.0. The lowest BCUT2D eigenvalue weighted by Gasteiger charge is -2.08. The highest BCUT2D eigenvalue weighted by molar-refractivity contribution is 7.92. The summed E-state index contributed by atoms with van der Waals surface area (Å²) >= 11 is 1.00. The topological polar surface area (TPSA) is 150 Å². The van der Waals surface area contributed by atoms with Gasteiger partial charge in [-0.15, -0.1) is 0 Å². The normalized spacial score (nSPS) is 11.9. The summed E-state index contributed by atoms with van der Waals surface area (Å²) in [5.41, 5.74) is 0.587. The molecule has 37 heavy (non-hydrogen) atoms. The van der Waals surface area contributed by atoms with Crippen molar-refractivity contribution in [3.05, 3.63) is 93.3 Å². The molecule has 0 bridgehead atoms. The zero-order valence-corrected chi connectivity index (χ0v) is 21.0. The molecule has 0 aliphatic heterocycles. The number of nitrogens with one attached hydrogen (secondary N) is 1. The van der Waals surface area contributed by atoms with Crippen LogP contribution >= 0.6 is 11.3 Å². The van der Waals surface area contributed by atoms with Crippen LogP contribution in [-0.2, 0) is 26.1 Å². The highest BCUT2D eigenvalue weighted by atomic mass is 32.2. The molecule has 190 valence electrons. The second-order valence-corrected chi connectivity index (χ2v) is 10.3. The fourth-order valence-corrected chi connectivity index (χ4v) is 5.56. The van der Waals surface area contributed by atoms with Crippen LogP contribution in [-0.4, -0.2) is 36.4 Å². The zero-order valence-electron chi connectivity index (χ0n) is 19.4. The van der Waals surface area contributed by atoms with Gasteiger partial charge in [0.2, 0.25) is 0 Å². The highest BCUT2D eigenvalue weighted by Crippen LogP contribution is 2.24. The SMILES string of the molecule is CCOC(=O)Cn1c(=NC(=O)c2cccc(NS(=O)(=O)c3ccccc3)c2)sc2cc([N+](=O)[O-])ccc21. The molecule has 11 nitrogen and oxygen atoms in total. The van der Waals surface area contributed by atoms with Crippen molar-refractivity contribution in [3.8, 4) is 0 Å². The van der Waals surface area contributed by atoms with Gasteiger partial charge in [0.1, 0.15) is 6.54 Å². The van der Waals surface area contributed by atoms with E-state index in [0.717, 1.165) is 11.3 Å². The minimum absolute atomic E-state index is 0.0655. The Balaban J connectivity index is 1.71. The Morgan fingerprint density at radius 3 is 2.54 bits per heavy atom. The summed E-state index contributed by atoms with van der Waals surface area (Å²) in [4.78, 5) is 40.2. The molecule has 1 amide bonds. The quantitative estimate of drug-likeness (QED) is 0.203. The lowest BCUT2D eigenvalue weighted by atomic mass is 10.2. The van der Waals surface area contributed by atoms with E-state index in [4.69, 9.17) is 4.74 Å². The molecule has 0 aliphatic carbocycles. The number of nitro benzene ring substituents is 1. The van der Waals surface area contributed by atoms with Crippen LogP contribution in [0.3, 0.4) is 0 Å². The number of hydrogen-bond donors (Lipinski definition) is 1. The van der Waals surface area contributed by atoms with Crippen molar-refractivity contribution in [2.45, 2.75) is 18.4 Å². The number of aromatic nitrogens is 1. The maximum absolute atomic E-state index is 13.0. The first-order chi connectivity index (χ1) is 17.7. The van der Waals surface area contributed by atoms with Gasteiger partial charge in [0, 0.05) is 23.4 Å². The number of esters is 1. The van der Waals surface area contributed by atoms with Crippen molar-refractivity contribution in [2.24, 2.45) is 4.99 Å². The number of hydrogen-bond acceptors (Lipinski definition) is 8. The van der Waals surface area contributed by atoms with Crippen LogP contribution in [0.4, 0.5) is 11.4 Å². The minimum Gasteiger partial charge on any atom is -0.465 e. The Labute approximate surface area is 214 Å². The summed E-state index contributed by atoms with van der Waals surface area (Å²) in [5, 5.41) is 11.2. The van der Waals surface area contributed by atoms with Crippen molar-refractivity contribution < 1.29 is 27.7 Å². The Hall–Kier alpha value is -4.36. The van der Waals surface area contributed by atoms with Crippen molar-refractivity contribution in [1.82, 2.24) is 4.57 Å². The van der Waals surface area contributed by atoms with E-state index in [9.17, 15) is 28.1 Å². The number of fused-ring (bicyclic) bond motifs is 1. The number of anilines is 1. The summed E-state index contributed by atoms with van der Waals surface area (Å²) < 4.78 is 34.6. The number of carbonyl (C=O) groups is 2. The first kappa shape index (κ1) is 25.7. The molecular formula is C24H20N4O7S2. The molecule has 13 heteroatoms. The van der Waals surface area contributed by atoms with Gasteiger partial charge in [0.15, 0.2) is 4.80 Å². The van der Waals surface area contributed by atoms with Crippen LogP contribution in [0.1, 0.15) is 17.3 Å². The highest BCUT2D eigenvalue weighted by Gasteiger charge is 2.17. The van der Waals surface area contributed by atoms with Gasteiger partial charge in [0.05, 0.1) is 26.6 Å². The molecule has 4 aromatic rings. The van der Waals surface area contributed by atoms with Crippen molar-refractivity contribution in [3.63, 3.8) is 0 Å². The molecule has 0 fully saturated rings. The van der Waals surface area contributed by atoms with E-state index in [0.29, 0.717) is 10.2 Å². The van der Waals surface area contributed by atoms with E-state index in [1.807, 2.05) is 0 Å². The molecule has 1 aromatic heterocycles. The van der Waals surface area contributed by atoms with Crippen LogP contribution in [0.5, 0.6) is 0 Å². The molecule has 0 aliphatic rings. The van der Waals surface area contributed by atoms with E-state index in [2.05, 4.69) is 9.71 Å². The monoisotopic (exact) mass is 540 g/mol. The van der Waals surface area contributed by atoms with Crippen LogP contribution in [0, 0.1) is 10.1 Å². The van der Waals surface area contributed by atoms with Gasteiger partial charge < -0.3 is 9.30 Å². The number of amides is 1. The van der Waals surface area contributed by atoms with E-state index >= 15 is 0 Å². The van der Waals surface area contributed by atoms with Gasteiger partial charge in [-0.05, 0) is 43.3 Å². The molecular weight excluding hydrogens is 520 g/mol. The van der Waals surface area contributed by atoms with Crippen molar-refractivity contribution in [2.75, 3.05) is 11.3 Å². The van der Waals surface area contributed by atoms with Crippen LogP contribution in [0.2, 0.25) is 0 Å². The van der Waals surface area contributed by atoms with Gasteiger partial charge in [-0.3, -0.25) is 24.4 Å². The largest absolute Gasteiger partial charge is 0.465 e. The molecule has 0 atom stereocenters. The fraction of sp³-hybridized carbons (Fsp3) is 0.125. The zero-order chi connectivity index (χ0) is 26.6. The van der Waals surface area contributed by atoms with E-state index in [1.54, 1.807) is 25.1 Å². The van der Waals surface area contributed by atoms with Gasteiger partial charge in [-0.25, -0.2) is 8.42 Å². The maximum Gasteiger partial charge on any atom is 0.326 e. The molecule has 1 heterocycles. The molecule has 0 unspecified atom stereocenters. The molecule has 1 N–H and O–H groups in total. The van der Waals surface area contributed by atoms with Gasteiger partial charge in [-0.1, -0.05) is 35.6 Å². The lowest BCUT2D eigenvalue weighted by Crippen LogP contribution is -2.23. The number of rotatable bonds is 8. The van der Waals surface area contributed by atoms with Crippen molar-refractivity contribution in [1.29, 1.82) is 0 Å². The van der Waals surface area contributed by atoms with Gasteiger partial charge >= 0.3 is 5.97 Å². The number of nitro groups is 1. The number of sulfonamides is 1. The molecule has 0 radical (unpaired) electrons. The standard InChI is InChI=1S/C24H20N4O7S2/c1-2-35-22(29)15-27-20-12-11-18(28(31)32)14-21(20)36-24(27)25-23(30)16-7-6-8-17(13-16)26-37(33,34)19-9-4-3-5-10-19/h3-14,26H,2,15H2,1H3. The molecule has 0 saturated heterocycles. The predicted octanol–water partition coefficient (Wildman–Crippen LogP) is 3.72. The third-order valence-corrected chi connectivity index (χ3v) is 7.52. The average molecular weight is 541 g/mol. The van der Waals surface area contributed by atoms with Crippen molar-refractivity contribution >= 4 is 54.8 Å². The number of carbonyl (C=O) groups excluding carboxylic acids is 2. The Morgan fingerprint density at radius 1 is 1.08 bits per heavy atom. The number of ether oxygens (including phenoxy) is 1. The van der Waals surface area contributed by atoms with E-state index < -0.39 is 26.8 Å². The molecule has 0 spiro atoms. The first-order valence-corrected chi connectivity index (χ1v) is 13.2. The fourth-order valence-electron chi connectivity index (χ4n) is 3.43. The Bertz CT molecular complexity index is 1680. The lowest BCUT2D eigenvalue weighted by molar-refractivity contribution is -0.384. The smallest absolute Gasteiger partial charge is 0.326 e. The first-order valence-electron chi connectivity index (χ1n) is 10.9. The molecule has 4 rings (SSSR count). The summed E-state index contributed by atoms with van der Waals surface area (Å²) in [6.07, 6.45) is 0. The van der Waals surface area contributed by atoms with Crippen LogP contribution in [0.25, 0.3) is 10.2 Å². The molecule has 0 saturated carbocycles. The molecule has 3 aromatic carbocycles. The number of thiazole rings is 1. The summed E-state index contributed by atoms with van der Waals surface area (Å²) in [7, 11) is -3.87. The van der Waals surface area contributed by atoms with E-state index in [1.165, 1.54) is 59.2 Å². The summed E-state index contributed by atoms with van der Waals surface area (Å²) in [5.74, 6) is -1.26. The average Bonchev–Trinajstić information content (AvgIpc) is 3.20. The number of non-ortho nitro benzene ring substituents is 1. The number of benzene rings is 3. The third-order valence-electron chi connectivity index (χ3n) is 5.08. The number of nitrogens with zero attached hydrogens (tertiary/aromatic N) is 3. The minimum atomic E-state index is -3.87. The van der Waals surface area contributed by atoms with Crippen LogP contribution in [0.15, 0.2) is 82.7 Å². The predicted molar refractivity (Wildman–Crippen MR) is 137 cm³/mol. The summed E-state index contributed by atoms with van der Waals surface area (Å²) in [6, 6.07) is 17.7. The second-order valence-electron chi connectivity index (χ2n) is 7.60. The third kappa shape index (κ3) is 5.90. The van der Waals surface area contributed by atoms with E-state index in [-0.39, 0.29) is 39.8 Å². The summed E-state index contributed by atoms with van der Waals surface area (Å²) in [6.45, 7) is 1.56.